The monoisotopic (exact) mass is 333 g/mol. The summed E-state index contributed by atoms with van der Waals surface area (Å²) in [6.45, 7) is 1.52. The van der Waals surface area contributed by atoms with E-state index in [0.717, 1.165) is 30.6 Å². The normalized spacial score (nSPS) is 21.5. The summed E-state index contributed by atoms with van der Waals surface area (Å²) in [5, 5.41) is 5.58. The number of carbonyl (C=O) groups is 3. The molecule has 0 aromatic carbocycles. The van der Waals surface area contributed by atoms with Crippen LogP contribution in [-0.2, 0) is 9.59 Å². The summed E-state index contributed by atoms with van der Waals surface area (Å²) in [6, 6.07) is 2.72. The lowest BCUT2D eigenvalue weighted by atomic mass is 9.90. The minimum atomic E-state index is -0.805. The number of rotatable bonds is 4. The molecule has 0 radical (unpaired) electrons. The van der Waals surface area contributed by atoms with Gasteiger partial charge in [0, 0.05) is 0 Å². The van der Waals surface area contributed by atoms with Gasteiger partial charge in [0.2, 0.25) is 5.91 Å². The van der Waals surface area contributed by atoms with Crippen LogP contribution in [0.4, 0.5) is 4.79 Å². The zero-order valence-corrected chi connectivity index (χ0v) is 13.8. The van der Waals surface area contributed by atoms with Crippen molar-refractivity contribution in [3.05, 3.63) is 24.2 Å². The second-order valence-corrected chi connectivity index (χ2v) is 6.62. The SMILES string of the molecule is C[C@@H](NC(=O)CN1C(=O)NC2(CCCCCC2)C1=O)c1ccco1. The quantitative estimate of drug-likeness (QED) is 0.826. The molecule has 0 unspecified atom stereocenters. The predicted molar refractivity (Wildman–Crippen MR) is 85.9 cm³/mol. The van der Waals surface area contributed by atoms with Crippen LogP contribution >= 0.6 is 0 Å². The lowest BCUT2D eigenvalue weighted by molar-refractivity contribution is -0.135. The van der Waals surface area contributed by atoms with Gasteiger partial charge in [0.15, 0.2) is 0 Å². The molecule has 4 amide bonds. The zero-order valence-electron chi connectivity index (χ0n) is 13.8. The molecule has 7 heteroatoms. The molecule has 0 bridgehead atoms. The Morgan fingerprint density at radius 2 is 2.04 bits per heavy atom. The van der Waals surface area contributed by atoms with Crippen molar-refractivity contribution in [3.8, 4) is 0 Å². The number of carbonyl (C=O) groups excluding carboxylic acids is 3. The summed E-state index contributed by atoms with van der Waals surface area (Å²) in [5.41, 5.74) is -0.805. The third kappa shape index (κ3) is 3.16. The number of hydrogen-bond donors (Lipinski definition) is 2. The van der Waals surface area contributed by atoms with Gasteiger partial charge in [-0.1, -0.05) is 25.7 Å². The van der Waals surface area contributed by atoms with Crippen LogP contribution in [0.5, 0.6) is 0 Å². The molecule has 1 aromatic rings. The average Bonchev–Trinajstić information content (AvgIpc) is 3.07. The first-order valence-corrected chi connectivity index (χ1v) is 8.49. The van der Waals surface area contributed by atoms with Crippen molar-refractivity contribution >= 4 is 17.8 Å². The molecular weight excluding hydrogens is 310 g/mol. The van der Waals surface area contributed by atoms with E-state index in [-0.39, 0.29) is 24.4 Å². The molecule has 24 heavy (non-hydrogen) atoms. The van der Waals surface area contributed by atoms with Crippen molar-refractivity contribution in [1.29, 1.82) is 0 Å². The van der Waals surface area contributed by atoms with Crippen LogP contribution in [-0.4, -0.2) is 34.8 Å². The Morgan fingerprint density at radius 1 is 1.33 bits per heavy atom. The van der Waals surface area contributed by atoms with Gasteiger partial charge in [-0.15, -0.1) is 0 Å². The van der Waals surface area contributed by atoms with E-state index >= 15 is 0 Å². The molecule has 1 saturated carbocycles. The number of amides is 4. The van der Waals surface area contributed by atoms with Gasteiger partial charge >= 0.3 is 6.03 Å². The number of hydrogen-bond acceptors (Lipinski definition) is 4. The molecule has 1 saturated heterocycles. The number of urea groups is 1. The zero-order chi connectivity index (χ0) is 17.2. The van der Waals surface area contributed by atoms with Crippen molar-refractivity contribution in [2.75, 3.05) is 6.54 Å². The molecule has 1 spiro atoms. The lowest BCUT2D eigenvalue weighted by Crippen LogP contribution is -2.47. The smallest absolute Gasteiger partial charge is 0.325 e. The molecule has 3 rings (SSSR count). The summed E-state index contributed by atoms with van der Waals surface area (Å²) >= 11 is 0. The van der Waals surface area contributed by atoms with Gasteiger partial charge in [0.1, 0.15) is 17.8 Å². The van der Waals surface area contributed by atoms with Crippen molar-refractivity contribution in [1.82, 2.24) is 15.5 Å². The van der Waals surface area contributed by atoms with E-state index in [0.29, 0.717) is 18.6 Å². The maximum atomic E-state index is 12.7. The van der Waals surface area contributed by atoms with E-state index in [4.69, 9.17) is 4.42 Å². The lowest BCUT2D eigenvalue weighted by Gasteiger charge is -2.24. The Bertz CT molecular complexity index is 618. The highest BCUT2D eigenvalue weighted by Crippen LogP contribution is 2.32. The Balaban J connectivity index is 1.63. The van der Waals surface area contributed by atoms with E-state index in [1.807, 2.05) is 0 Å². The Hall–Kier alpha value is -2.31. The van der Waals surface area contributed by atoms with Crippen LogP contribution in [0.2, 0.25) is 0 Å². The molecule has 1 aliphatic heterocycles. The summed E-state index contributed by atoms with van der Waals surface area (Å²) < 4.78 is 5.24. The first-order valence-electron chi connectivity index (χ1n) is 8.49. The summed E-state index contributed by atoms with van der Waals surface area (Å²) in [4.78, 5) is 38.2. The first-order chi connectivity index (χ1) is 11.5. The molecular formula is C17H23N3O4. The van der Waals surface area contributed by atoms with Gasteiger partial charge in [0.05, 0.1) is 12.3 Å². The summed E-state index contributed by atoms with van der Waals surface area (Å²) in [5.74, 6) is -0.0240. The maximum absolute atomic E-state index is 12.7. The van der Waals surface area contributed by atoms with Crippen LogP contribution in [0.25, 0.3) is 0 Å². The standard InChI is InChI=1S/C17H23N3O4/c1-12(13-7-6-10-24-13)18-14(21)11-20-15(22)17(19-16(20)23)8-4-2-3-5-9-17/h6-7,10,12H,2-5,8-9,11H2,1H3,(H,18,21)(H,19,23)/t12-/m1/s1. The minimum Gasteiger partial charge on any atom is -0.467 e. The van der Waals surface area contributed by atoms with Crippen LogP contribution < -0.4 is 10.6 Å². The highest BCUT2D eigenvalue weighted by atomic mass is 16.3. The molecule has 130 valence electrons. The molecule has 2 heterocycles. The number of nitrogens with zero attached hydrogens (tertiary/aromatic N) is 1. The first kappa shape index (κ1) is 16.5. The third-order valence-electron chi connectivity index (χ3n) is 4.85. The topological polar surface area (TPSA) is 91.7 Å². The van der Waals surface area contributed by atoms with Gasteiger partial charge in [-0.05, 0) is 31.9 Å². The summed E-state index contributed by atoms with van der Waals surface area (Å²) in [7, 11) is 0. The van der Waals surface area contributed by atoms with E-state index in [1.165, 1.54) is 6.26 Å². The van der Waals surface area contributed by atoms with Crippen molar-refractivity contribution < 1.29 is 18.8 Å². The number of furan rings is 1. The molecule has 2 fully saturated rings. The Morgan fingerprint density at radius 3 is 2.67 bits per heavy atom. The van der Waals surface area contributed by atoms with Gasteiger partial charge in [-0.2, -0.15) is 0 Å². The average molecular weight is 333 g/mol. The fraction of sp³-hybridized carbons (Fsp3) is 0.588. The maximum Gasteiger partial charge on any atom is 0.325 e. The second kappa shape index (κ2) is 6.67. The van der Waals surface area contributed by atoms with Crippen LogP contribution in [0.15, 0.2) is 22.8 Å². The highest BCUT2D eigenvalue weighted by Gasteiger charge is 2.51. The molecule has 2 N–H and O–H groups in total. The molecule has 1 aromatic heterocycles. The van der Waals surface area contributed by atoms with Crippen LogP contribution in [0.1, 0.15) is 57.3 Å². The fourth-order valence-electron chi connectivity index (χ4n) is 3.53. The Kier molecular flexibility index (Phi) is 4.59. The van der Waals surface area contributed by atoms with Gasteiger partial charge < -0.3 is 15.1 Å². The number of imide groups is 1. The largest absolute Gasteiger partial charge is 0.467 e. The van der Waals surface area contributed by atoms with E-state index in [2.05, 4.69) is 10.6 Å². The Labute approximate surface area is 140 Å². The van der Waals surface area contributed by atoms with Gasteiger partial charge in [-0.25, -0.2) is 4.79 Å². The minimum absolute atomic E-state index is 0.266. The summed E-state index contributed by atoms with van der Waals surface area (Å²) in [6.07, 6.45) is 6.82. The predicted octanol–water partition coefficient (Wildman–Crippen LogP) is 2.10. The van der Waals surface area contributed by atoms with Crippen molar-refractivity contribution in [2.45, 2.75) is 57.0 Å². The van der Waals surface area contributed by atoms with Crippen LogP contribution in [0, 0.1) is 0 Å². The number of nitrogens with one attached hydrogen (secondary N) is 2. The van der Waals surface area contributed by atoms with E-state index in [9.17, 15) is 14.4 Å². The molecule has 1 atom stereocenters. The second-order valence-electron chi connectivity index (χ2n) is 6.62. The van der Waals surface area contributed by atoms with Crippen LogP contribution in [0.3, 0.4) is 0 Å². The molecule has 1 aliphatic carbocycles. The van der Waals surface area contributed by atoms with Gasteiger partial charge in [0.25, 0.3) is 5.91 Å². The molecule has 2 aliphatic rings. The highest BCUT2D eigenvalue weighted by molar-refractivity contribution is 6.09. The van der Waals surface area contributed by atoms with Gasteiger partial charge in [-0.3, -0.25) is 14.5 Å². The molecule has 7 nitrogen and oxygen atoms in total. The van der Waals surface area contributed by atoms with Crippen molar-refractivity contribution in [3.63, 3.8) is 0 Å². The van der Waals surface area contributed by atoms with Crippen molar-refractivity contribution in [2.24, 2.45) is 0 Å². The fourth-order valence-corrected chi connectivity index (χ4v) is 3.53. The van der Waals surface area contributed by atoms with E-state index in [1.54, 1.807) is 19.1 Å². The third-order valence-corrected chi connectivity index (χ3v) is 4.85. The van der Waals surface area contributed by atoms with E-state index < -0.39 is 11.6 Å².